The average molecular weight is 394 g/mol. The molecule has 0 bridgehead atoms. The Kier molecular flexibility index (Phi) is 5.82. The van der Waals surface area contributed by atoms with Crippen molar-refractivity contribution in [3.63, 3.8) is 0 Å². The fraction of sp³-hybridized carbons (Fsp3) is 0.261. The predicted octanol–water partition coefficient (Wildman–Crippen LogP) is 3.94. The quantitative estimate of drug-likeness (QED) is 0.658. The molecule has 6 heteroatoms. The minimum Gasteiger partial charge on any atom is -0.493 e. The Balaban J connectivity index is 2.20. The van der Waals surface area contributed by atoms with E-state index < -0.39 is 5.91 Å². The van der Waals surface area contributed by atoms with Gasteiger partial charge in [-0.1, -0.05) is 30.3 Å². The van der Waals surface area contributed by atoms with E-state index in [-0.39, 0.29) is 0 Å². The number of nitrogens with zero attached hydrogens (tertiary/aromatic N) is 1. The molecule has 0 aliphatic heterocycles. The van der Waals surface area contributed by atoms with E-state index in [0.717, 1.165) is 28.1 Å². The van der Waals surface area contributed by atoms with Crippen LogP contribution < -0.4 is 19.9 Å². The van der Waals surface area contributed by atoms with Crippen LogP contribution in [0.5, 0.6) is 17.2 Å². The summed E-state index contributed by atoms with van der Waals surface area (Å²) in [5, 5.41) is 0. The highest BCUT2D eigenvalue weighted by Gasteiger charge is 2.23. The van der Waals surface area contributed by atoms with Crippen LogP contribution in [0.3, 0.4) is 0 Å². The number of carbonyl (C=O) groups is 1. The molecule has 0 radical (unpaired) electrons. The van der Waals surface area contributed by atoms with Crippen molar-refractivity contribution in [3.05, 3.63) is 64.8 Å². The molecule has 2 aromatic carbocycles. The van der Waals surface area contributed by atoms with Crippen molar-refractivity contribution in [2.45, 2.75) is 20.4 Å². The molecule has 152 valence electrons. The van der Waals surface area contributed by atoms with E-state index in [2.05, 4.69) is 4.57 Å². The number of nitrogens with two attached hydrogens (primary N) is 1. The number of amides is 1. The normalized spacial score (nSPS) is 10.7. The van der Waals surface area contributed by atoms with Crippen LogP contribution in [0.1, 0.15) is 27.2 Å². The molecule has 29 heavy (non-hydrogen) atoms. The van der Waals surface area contributed by atoms with Gasteiger partial charge < -0.3 is 24.5 Å². The van der Waals surface area contributed by atoms with Crippen LogP contribution >= 0.6 is 0 Å². The Hall–Kier alpha value is -3.41. The Bertz CT molecular complexity index is 1010. The lowest BCUT2D eigenvalue weighted by atomic mass is 10.0. The van der Waals surface area contributed by atoms with Gasteiger partial charge in [-0.2, -0.15) is 0 Å². The number of methoxy groups -OCH3 is 3. The van der Waals surface area contributed by atoms with E-state index in [9.17, 15) is 4.79 Å². The van der Waals surface area contributed by atoms with Crippen LogP contribution in [-0.2, 0) is 6.54 Å². The van der Waals surface area contributed by atoms with E-state index >= 15 is 0 Å². The molecule has 0 saturated carbocycles. The van der Waals surface area contributed by atoms with Crippen molar-refractivity contribution in [2.75, 3.05) is 21.3 Å². The summed E-state index contributed by atoms with van der Waals surface area (Å²) in [7, 11) is 4.76. The second kappa shape index (κ2) is 8.31. The van der Waals surface area contributed by atoms with Gasteiger partial charge in [-0.25, -0.2) is 0 Å². The summed E-state index contributed by atoms with van der Waals surface area (Å²) in [6.45, 7) is 4.36. The molecule has 0 aliphatic carbocycles. The van der Waals surface area contributed by atoms with Gasteiger partial charge in [0, 0.05) is 12.2 Å². The fourth-order valence-electron chi connectivity index (χ4n) is 3.83. The molecule has 1 amide bonds. The summed E-state index contributed by atoms with van der Waals surface area (Å²) in [5.74, 6) is 1.28. The van der Waals surface area contributed by atoms with Crippen LogP contribution in [0.15, 0.2) is 42.5 Å². The second-order valence-electron chi connectivity index (χ2n) is 6.78. The first-order valence-electron chi connectivity index (χ1n) is 9.26. The Morgan fingerprint density at radius 1 is 0.966 bits per heavy atom. The zero-order valence-electron chi connectivity index (χ0n) is 17.4. The highest BCUT2D eigenvalue weighted by atomic mass is 16.5. The summed E-state index contributed by atoms with van der Waals surface area (Å²) in [4.78, 5) is 12.1. The molecule has 0 unspecified atom stereocenters. The summed E-state index contributed by atoms with van der Waals surface area (Å²) < 4.78 is 18.5. The van der Waals surface area contributed by atoms with E-state index in [4.69, 9.17) is 19.9 Å². The van der Waals surface area contributed by atoms with Gasteiger partial charge in [0.1, 0.15) is 0 Å². The van der Waals surface area contributed by atoms with E-state index in [1.807, 2.05) is 56.3 Å². The minimum atomic E-state index is -0.430. The van der Waals surface area contributed by atoms with Gasteiger partial charge in [-0.05, 0) is 42.7 Å². The maximum Gasteiger partial charge on any atom is 0.250 e. The number of rotatable bonds is 7. The van der Waals surface area contributed by atoms with Gasteiger partial charge in [-0.3, -0.25) is 4.79 Å². The fourth-order valence-corrected chi connectivity index (χ4v) is 3.83. The second-order valence-corrected chi connectivity index (χ2v) is 6.78. The van der Waals surface area contributed by atoms with Crippen molar-refractivity contribution in [1.29, 1.82) is 0 Å². The summed E-state index contributed by atoms with van der Waals surface area (Å²) >= 11 is 0. The molecule has 3 aromatic rings. The van der Waals surface area contributed by atoms with Crippen molar-refractivity contribution in [1.82, 2.24) is 4.57 Å². The molecular weight excluding hydrogens is 368 g/mol. The first kappa shape index (κ1) is 20.3. The van der Waals surface area contributed by atoms with Crippen LogP contribution in [0, 0.1) is 13.8 Å². The Morgan fingerprint density at radius 2 is 1.55 bits per heavy atom. The molecule has 0 atom stereocenters. The highest BCUT2D eigenvalue weighted by molar-refractivity contribution is 5.98. The minimum absolute atomic E-state index is 0.430. The van der Waals surface area contributed by atoms with Gasteiger partial charge in [0.2, 0.25) is 5.75 Å². The molecule has 2 N–H and O–H groups in total. The van der Waals surface area contributed by atoms with Crippen molar-refractivity contribution in [3.8, 4) is 28.5 Å². The van der Waals surface area contributed by atoms with Crippen LogP contribution in [0.4, 0.5) is 0 Å². The maximum atomic E-state index is 12.1. The molecule has 0 spiro atoms. The predicted molar refractivity (Wildman–Crippen MR) is 113 cm³/mol. The SMILES string of the molecule is COc1cc(Cn2c(C)c(C(N)=O)c(C)c2-c2ccccc2)cc(OC)c1OC. The molecule has 1 aromatic heterocycles. The molecule has 1 heterocycles. The Labute approximate surface area is 170 Å². The number of primary amides is 1. The van der Waals surface area contributed by atoms with Gasteiger partial charge >= 0.3 is 0 Å². The molecule has 6 nitrogen and oxygen atoms in total. The lowest BCUT2D eigenvalue weighted by Gasteiger charge is -2.17. The van der Waals surface area contributed by atoms with Crippen LogP contribution in [-0.4, -0.2) is 31.8 Å². The number of aromatic nitrogens is 1. The zero-order chi connectivity index (χ0) is 21.1. The maximum absolute atomic E-state index is 12.1. The first-order valence-corrected chi connectivity index (χ1v) is 9.26. The largest absolute Gasteiger partial charge is 0.493 e. The first-order chi connectivity index (χ1) is 13.9. The lowest BCUT2D eigenvalue weighted by molar-refractivity contribution is 0.0999. The molecule has 3 rings (SSSR count). The third-order valence-corrected chi connectivity index (χ3v) is 5.13. The molecule has 0 fully saturated rings. The number of hydrogen-bond donors (Lipinski definition) is 1. The smallest absolute Gasteiger partial charge is 0.250 e. The van der Waals surface area contributed by atoms with Gasteiger partial charge in [0.15, 0.2) is 11.5 Å². The molecular formula is C23H26N2O4. The third kappa shape index (κ3) is 3.66. The number of benzene rings is 2. The number of ether oxygens (including phenoxy) is 3. The molecule has 0 saturated heterocycles. The van der Waals surface area contributed by atoms with Gasteiger partial charge in [-0.15, -0.1) is 0 Å². The van der Waals surface area contributed by atoms with Crippen molar-refractivity contribution >= 4 is 5.91 Å². The van der Waals surface area contributed by atoms with Crippen LogP contribution in [0.2, 0.25) is 0 Å². The number of hydrogen-bond acceptors (Lipinski definition) is 4. The summed E-state index contributed by atoms with van der Waals surface area (Å²) in [5.41, 5.74) is 10.9. The Morgan fingerprint density at radius 3 is 2.03 bits per heavy atom. The monoisotopic (exact) mass is 394 g/mol. The molecule has 0 aliphatic rings. The van der Waals surface area contributed by atoms with E-state index in [0.29, 0.717) is 29.4 Å². The van der Waals surface area contributed by atoms with E-state index in [1.54, 1.807) is 21.3 Å². The topological polar surface area (TPSA) is 75.7 Å². The average Bonchev–Trinajstić information content (AvgIpc) is 2.97. The lowest BCUT2D eigenvalue weighted by Crippen LogP contribution is -2.13. The van der Waals surface area contributed by atoms with Gasteiger partial charge in [0.25, 0.3) is 5.91 Å². The van der Waals surface area contributed by atoms with Crippen molar-refractivity contribution in [2.24, 2.45) is 5.73 Å². The zero-order valence-corrected chi connectivity index (χ0v) is 17.4. The van der Waals surface area contributed by atoms with Gasteiger partial charge in [0.05, 0.1) is 32.6 Å². The number of carbonyl (C=O) groups excluding carboxylic acids is 1. The third-order valence-electron chi connectivity index (χ3n) is 5.13. The summed E-state index contributed by atoms with van der Waals surface area (Å²) in [6, 6.07) is 13.8. The van der Waals surface area contributed by atoms with Crippen molar-refractivity contribution < 1.29 is 19.0 Å². The van der Waals surface area contributed by atoms with E-state index in [1.165, 1.54) is 0 Å². The highest BCUT2D eigenvalue weighted by Crippen LogP contribution is 2.39. The standard InChI is InChI=1S/C23H26N2O4/c1-14-20(23(24)26)15(2)25(21(14)17-9-7-6-8-10-17)13-16-11-18(27-3)22(29-5)19(12-16)28-4/h6-12H,13H2,1-5H3,(H2,24,26). The van der Waals surface area contributed by atoms with Crippen LogP contribution in [0.25, 0.3) is 11.3 Å². The summed E-state index contributed by atoms with van der Waals surface area (Å²) in [6.07, 6.45) is 0.